The number of hydrogen-bond acceptors (Lipinski definition) is 5. The van der Waals surface area contributed by atoms with E-state index in [4.69, 9.17) is 4.74 Å². The fraction of sp³-hybridized carbons (Fsp3) is 0.526. The van der Waals surface area contributed by atoms with Crippen LogP contribution in [-0.2, 0) is 9.53 Å². The number of ether oxygens (including phenoxy) is 1. The van der Waals surface area contributed by atoms with Gasteiger partial charge in [0, 0.05) is 19.1 Å². The molecule has 1 aliphatic rings. The Morgan fingerprint density at radius 1 is 1.35 bits per heavy atom. The first-order valence-corrected chi connectivity index (χ1v) is 10.2. The molecular formula is C19H26N4O2S. The summed E-state index contributed by atoms with van der Waals surface area (Å²) in [6.07, 6.45) is 3.37. The van der Waals surface area contributed by atoms with Crippen LogP contribution in [0.2, 0.25) is 0 Å². The topological polar surface area (TPSA) is 69.0 Å². The van der Waals surface area contributed by atoms with Gasteiger partial charge in [0.2, 0.25) is 11.1 Å². The summed E-state index contributed by atoms with van der Waals surface area (Å²) >= 11 is 1.39. The van der Waals surface area contributed by atoms with E-state index in [0.717, 1.165) is 30.8 Å². The highest BCUT2D eigenvalue weighted by molar-refractivity contribution is 7.99. The molecule has 1 fully saturated rings. The average molecular weight is 375 g/mol. The highest BCUT2D eigenvalue weighted by atomic mass is 32.2. The highest BCUT2D eigenvalue weighted by Gasteiger charge is 2.30. The molecule has 1 aliphatic carbocycles. The Balaban J connectivity index is 1.50. The first kappa shape index (κ1) is 18.9. The van der Waals surface area contributed by atoms with Crippen LogP contribution < -0.4 is 5.32 Å². The fourth-order valence-corrected chi connectivity index (χ4v) is 3.19. The van der Waals surface area contributed by atoms with Gasteiger partial charge in [-0.05, 0) is 45.2 Å². The molecule has 0 unspecified atom stereocenters. The van der Waals surface area contributed by atoms with Crippen molar-refractivity contribution in [2.24, 2.45) is 0 Å². The second-order valence-corrected chi connectivity index (χ2v) is 7.63. The summed E-state index contributed by atoms with van der Waals surface area (Å²) in [5.74, 6) is 1.83. The molecule has 0 atom stereocenters. The zero-order valence-electron chi connectivity index (χ0n) is 15.4. The van der Waals surface area contributed by atoms with Crippen LogP contribution in [0.3, 0.4) is 0 Å². The summed E-state index contributed by atoms with van der Waals surface area (Å²) in [6, 6.07) is 10.0. The van der Waals surface area contributed by atoms with E-state index < -0.39 is 0 Å². The average Bonchev–Trinajstić information content (AvgIpc) is 3.39. The number of nitrogens with one attached hydrogen (secondary N) is 1. The van der Waals surface area contributed by atoms with Crippen molar-refractivity contribution in [3.8, 4) is 5.69 Å². The predicted molar refractivity (Wildman–Crippen MR) is 103 cm³/mol. The molecule has 0 radical (unpaired) electrons. The summed E-state index contributed by atoms with van der Waals surface area (Å²) in [7, 11) is 0. The van der Waals surface area contributed by atoms with E-state index in [1.165, 1.54) is 11.8 Å². The van der Waals surface area contributed by atoms with Gasteiger partial charge >= 0.3 is 0 Å². The van der Waals surface area contributed by atoms with Gasteiger partial charge in [-0.3, -0.25) is 4.79 Å². The van der Waals surface area contributed by atoms with Crippen LogP contribution in [0.25, 0.3) is 5.69 Å². The lowest BCUT2D eigenvalue weighted by molar-refractivity contribution is -0.118. The molecule has 1 aromatic carbocycles. The van der Waals surface area contributed by atoms with Crippen molar-refractivity contribution in [1.29, 1.82) is 0 Å². The minimum Gasteiger partial charge on any atom is -0.379 e. The monoisotopic (exact) mass is 374 g/mol. The fourth-order valence-electron chi connectivity index (χ4n) is 2.53. The van der Waals surface area contributed by atoms with Crippen LogP contribution in [0.4, 0.5) is 0 Å². The van der Waals surface area contributed by atoms with E-state index in [0.29, 0.717) is 30.0 Å². The Morgan fingerprint density at radius 2 is 2.12 bits per heavy atom. The third-order valence-electron chi connectivity index (χ3n) is 3.98. The number of carbonyl (C=O) groups excluding carboxylic acids is 1. The third kappa shape index (κ3) is 5.57. The molecule has 0 spiro atoms. The van der Waals surface area contributed by atoms with Gasteiger partial charge in [0.15, 0.2) is 0 Å². The quantitative estimate of drug-likeness (QED) is 0.511. The van der Waals surface area contributed by atoms with Gasteiger partial charge < -0.3 is 10.1 Å². The molecule has 7 heteroatoms. The molecule has 0 bridgehead atoms. The third-order valence-corrected chi connectivity index (χ3v) is 4.82. The molecular weight excluding hydrogens is 348 g/mol. The van der Waals surface area contributed by atoms with Gasteiger partial charge in [-0.25, -0.2) is 9.67 Å². The summed E-state index contributed by atoms with van der Waals surface area (Å²) < 4.78 is 7.38. The van der Waals surface area contributed by atoms with Crippen LogP contribution in [-0.4, -0.2) is 45.7 Å². The number of benzene rings is 1. The molecule has 1 aromatic heterocycles. The molecule has 6 nitrogen and oxygen atoms in total. The Labute approximate surface area is 158 Å². The Bertz CT molecular complexity index is 714. The van der Waals surface area contributed by atoms with E-state index in [-0.39, 0.29) is 12.0 Å². The smallest absolute Gasteiger partial charge is 0.230 e. The molecule has 0 saturated heterocycles. The zero-order chi connectivity index (χ0) is 18.4. The summed E-state index contributed by atoms with van der Waals surface area (Å²) in [4.78, 5) is 16.7. The van der Waals surface area contributed by atoms with Crippen molar-refractivity contribution >= 4 is 17.7 Å². The lowest BCUT2D eigenvalue weighted by atomic mass is 10.3. The van der Waals surface area contributed by atoms with Gasteiger partial charge in [0.1, 0.15) is 5.82 Å². The van der Waals surface area contributed by atoms with Crippen LogP contribution in [0.5, 0.6) is 0 Å². The van der Waals surface area contributed by atoms with Crippen molar-refractivity contribution in [1.82, 2.24) is 20.1 Å². The second kappa shape index (κ2) is 9.19. The second-order valence-electron chi connectivity index (χ2n) is 6.69. The molecule has 1 saturated carbocycles. The van der Waals surface area contributed by atoms with Gasteiger partial charge in [-0.2, -0.15) is 0 Å². The molecule has 140 valence electrons. The normalized spacial score (nSPS) is 14.0. The summed E-state index contributed by atoms with van der Waals surface area (Å²) in [5.41, 5.74) is 1.02. The zero-order valence-corrected chi connectivity index (χ0v) is 16.2. The van der Waals surface area contributed by atoms with Crippen molar-refractivity contribution < 1.29 is 9.53 Å². The van der Waals surface area contributed by atoms with Gasteiger partial charge in [-0.1, -0.05) is 30.0 Å². The molecule has 3 rings (SSSR count). The van der Waals surface area contributed by atoms with Gasteiger partial charge in [-0.15, -0.1) is 5.10 Å². The van der Waals surface area contributed by atoms with Gasteiger partial charge in [0.05, 0.1) is 17.5 Å². The Morgan fingerprint density at radius 3 is 2.81 bits per heavy atom. The van der Waals surface area contributed by atoms with Crippen molar-refractivity contribution in [3.05, 3.63) is 36.2 Å². The highest BCUT2D eigenvalue weighted by Crippen LogP contribution is 2.40. The minimum absolute atomic E-state index is 0.00331. The molecule has 26 heavy (non-hydrogen) atoms. The first-order valence-electron chi connectivity index (χ1n) is 9.17. The summed E-state index contributed by atoms with van der Waals surface area (Å²) in [5, 5.41) is 8.19. The first-order chi connectivity index (χ1) is 12.6. The van der Waals surface area contributed by atoms with E-state index in [1.54, 1.807) is 0 Å². The Hall–Kier alpha value is -1.86. The number of aromatic nitrogens is 3. The Kier molecular flexibility index (Phi) is 6.68. The molecule has 1 amide bonds. The number of carbonyl (C=O) groups is 1. The maximum atomic E-state index is 12.0. The van der Waals surface area contributed by atoms with Crippen LogP contribution in [0, 0.1) is 0 Å². The van der Waals surface area contributed by atoms with E-state index >= 15 is 0 Å². The number of hydrogen-bond donors (Lipinski definition) is 1. The van der Waals surface area contributed by atoms with Gasteiger partial charge in [0.25, 0.3) is 0 Å². The number of amides is 1. The number of rotatable bonds is 10. The largest absolute Gasteiger partial charge is 0.379 e. The van der Waals surface area contributed by atoms with Crippen molar-refractivity contribution in [2.75, 3.05) is 18.9 Å². The van der Waals surface area contributed by atoms with E-state index in [2.05, 4.69) is 15.4 Å². The SMILES string of the molecule is CC(C)OCCCNC(=O)CSc1nc(C2CC2)n(-c2ccccc2)n1. The van der Waals surface area contributed by atoms with Crippen LogP contribution in [0.15, 0.2) is 35.5 Å². The number of nitrogens with zero attached hydrogens (tertiary/aromatic N) is 3. The minimum atomic E-state index is 0.00331. The van der Waals surface area contributed by atoms with Crippen molar-refractivity contribution in [3.63, 3.8) is 0 Å². The van der Waals surface area contributed by atoms with Crippen LogP contribution >= 0.6 is 11.8 Å². The lowest BCUT2D eigenvalue weighted by Gasteiger charge is -2.07. The molecule has 0 aliphatic heterocycles. The molecule has 1 N–H and O–H groups in total. The standard InChI is InChI=1S/C19H26N4O2S/c1-14(2)25-12-6-11-20-17(24)13-26-19-21-18(15-9-10-15)23(22-19)16-7-4-3-5-8-16/h3-5,7-8,14-15H,6,9-13H2,1-2H3,(H,20,24). The lowest BCUT2D eigenvalue weighted by Crippen LogP contribution is -2.27. The van der Waals surface area contributed by atoms with Crippen molar-refractivity contribution in [2.45, 2.75) is 50.3 Å². The van der Waals surface area contributed by atoms with Crippen LogP contribution in [0.1, 0.15) is 44.9 Å². The maximum Gasteiger partial charge on any atom is 0.230 e. The molecule has 2 aromatic rings. The predicted octanol–water partition coefficient (Wildman–Crippen LogP) is 3.17. The number of thioether (sulfide) groups is 1. The maximum absolute atomic E-state index is 12.0. The molecule has 1 heterocycles. The number of para-hydroxylation sites is 1. The van der Waals surface area contributed by atoms with E-state index in [9.17, 15) is 4.79 Å². The summed E-state index contributed by atoms with van der Waals surface area (Å²) in [6.45, 7) is 5.31. The van der Waals surface area contributed by atoms with E-state index in [1.807, 2.05) is 48.9 Å².